The van der Waals surface area contributed by atoms with Crippen molar-refractivity contribution >= 4 is 44.4 Å². The molecule has 0 saturated carbocycles. The number of nitrogens with zero attached hydrogens (tertiary/aromatic N) is 3. The lowest BCUT2D eigenvalue weighted by Crippen LogP contribution is -2.40. The first kappa shape index (κ1) is 21.8. The van der Waals surface area contributed by atoms with E-state index in [0.29, 0.717) is 6.26 Å². The third kappa shape index (κ3) is 6.92. The van der Waals surface area contributed by atoms with E-state index < -0.39 is 39.0 Å². The van der Waals surface area contributed by atoms with Crippen LogP contribution in [0.1, 0.15) is 40.4 Å². The molecular formula is C13H20N4O7S2. The van der Waals surface area contributed by atoms with Gasteiger partial charge < -0.3 is 19.5 Å². The van der Waals surface area contributed by atoms with Crippen molar-refractivity contribution in [3.05, 3.63) is 5.82 Å². The summed E-state index contributed by atoms with van der Waals surface area (Å²) in [5.74, 6) is -2.44. The van der Waals surface area contributed by atoms with Crippen molar-refractivity contribution in [1.82, 2.24) is 9.36 Å². The Morgan fingerprint density at radius 2 is 1.77 bits per heavy atom. The Balaban J connectivity index is 3.14. The average Bonchev–Trinajstić information content (AvgIpc) is 2.81. The highest BCUT2D eigenvalue weighted by molar-refractivity contribution is 7.86. The van der Waals surface area contributed by atoms with Gasteiger partial charge in [-0.25, -0.2) is 9.59 Å². The molecule has 1 aromatic heterocycles. The SMILES string of the molecule is CC(C)(C)OC(=O)C(C)(C)ON=C(C(=O)OS(C)(=O)=O)c1nsc(N)n1. The van der Waals surface area contributed by atoms with Crippen LogP contribution in [-0.4, -0.2) is 52.9 Å². The maximum Gasteiger partial charge on any atom is 0.379 e. The number of oxime groups is 1. The Morgan fingerprint density at radius 1 is 1.19 bits per heavy atom. The van der Waals surface area contributed by atoms with Gasteiger partial charge in [0.1, 0.15) is 5.60 Å². The van der Waals surface area contributed by atoms with Crippen LogP contribution in [0.5, 0.6) is 0 Å². The number of carbonyl (C=O) groups is 2. The van der Waals surface area contributed by atoms with Crippen LogP contribution in [0.25, 0.3) is 0 Å². The smallest absolute Gasteiger partial charge is 0.379 e. The van der Waals surface area contributed by atoms with Crippen LogP contribution >= 0.6 is 11.5 Å². The summed E-state index contributed by atoms with van der Waals surface area (Å²) in [5, 5.41) is 3.52. The maximum absolute atomic E-state index is 12.2. The molecular weight excluding hydrogens is 388 g/mol. The number of ether oxygens (including phenoxy) is 1. The summed E-state index contributed by atoms with van der Waals surface area (Å²) in [4.78, 5) is 33.0. The summed E-state index contributed by atoms with van der Waals surface area (Å²) in [6, 6.07) is 0. The zero-order valence-corrected chi connectivity index (χ0v) is 16.7. The second kappa shape index (κ2) is 7.53. The number of hydrogen-bond donors (Lipinski definition) is 1. The molecule has 146 valence electrons. The zero-order valence-electron chi connectivity index (χ0n) is 15.1. The highest BCUT2D eigenvalue weighted by Gasteiger charge is 2.36. The van der Waals surface area contributed by atoms with Crippen molar-refractivity contribution in [3.8, 4) is 0 Å². The van der Waals surface area contributed by atoms with Crippen molar-refractivity contribution in [2.45, 2.75) is 45.8 Å². The lowest BCUT2D eigenvalue weighted by Gasteiger charge is -2.26. The van der Waals surface area contributed by atoms with Gasteiger partial charge in [0.2, 0.25) is 17.1 Å². The van der Waals surface area contributed by atoms with Crippen LogP contribution in [0.15, 0.2) is 5.16 Å². The van der Waals surface area contributed by atoms with E-state index in [9.17, 15) is 18.0 Å². The molecule has 1 aromatic rings. The average molecular weight is 408 g/mol. The van der Waals surface area contributed by atoms with Gasteiger partial charge >= 0.3 is 22.1 Å². The van der Waals surface area contributed by atoms with Gasteiger partial charge in [-0.05, 0) is 34.6 Å². The number of nitrogens with two attached hydrogens (primary N) is 1. The Bertz CT molecular complexity index is 822. The second-order valence-corrected chi connectivity index (χ2v) is 8.93. The van der Waals surface area contributed by atoms with Gasteiger partial charge in [0.15, 0.2) is 5.13 Å². The van der Waals surface area contributed by atoms with Gasteiger partial charge in [0.25, 0.3) is 0 Å². The first-order chi connectivity index (χ1) is 11.6. The summed E-state index contributed by atoms with van der Waals surface area (Å²) in [6.07, 6.45) is 0.677. The summed E-state index contributed by atoms with van der Waals surface area (Å²) in [5.41, 5.74) is 2.42. The van der Waals surface area contributed by atoms with E-state index >= 15 is 0 Å². The molecule has 0 spiro atoms. The molecule has 0 unspecified atom stereocenters. The summed E-state index contributed by atoms with van der Waals surface area (Å²) >= 11 is 0.747. The number of hydrogen-bond acceptors (Lipinski definition) is 12. The van der Waals surface area contributed by atoms with Gasteiger partial charge in [0, 0.05) is 11.5 Å². The Hall–Kier alpha value is -2.28. The quantitative estimate of drug-likeness (QED) is 0.303. The second-order valence-electron chi connectivity index (χ2n) is 6.57. The molecule has 0 saturated heterocycles. The predicted molar refractivity (Wildman–Crippen MR) is 92.8 cm³/mol. The third-order valence-electron chi connectivity index (χ3n) is 2.33. The van der Waals surface area contributed by atoms with Crippen LogP contribution in [-0.2, 0) is 33.5 Å². The number of rotatable bonds is 6. The van der Waals surface area contributed by atoms with Crippen molar-refractivity contribution in [1.29, 1.82) is 0 Å². The lowest BCUT2D eigenvalue weighted by atomic mass is 10.1. The van der Waals surface area contributed by atoms with Gasteiger partial charge in [-0.15, -0.1) is 0 Å². The number of carbonyl (C=O) groups excluding carboxylic acids is 2. The predicted octanol–water partition coefficient (Wildman–Crippen LogP) is 0.464. The lowest BCUT2D eigenvalue weighted by molar-refractivity contribution is -0.179. The van der Waals surface area contributed by atoms with Gasteiger partial charge in [-0.2, -0.15) is 17.8 Å². The van der Waals surface area contributed by atoms with E-state index in [1.807, 2.05) is 0 Å². The molecule has 0 aliphatic carbocycles. The minimum Gasteiger partial charge on any atom is -0.457 e. The maximum atomic E-state index is 12.2. The highest BCUT2D eigenvalue weighted by Crippen LogP contribution is 2.18. The number of anilines is 1. The molecule has 0 atom stereocenters. The molecule has 26 heavy (non-hydrogen) atoms. The third-order valence-corrected chi connectivity index (χ3v) is 3.33. The molecule has 1 rings (SSSR count). The fourth-order valence-electron chi connectivity index (χ4n) is 1.28. The standard InChI is InChI=1S/C13H20N4O7S2/c1-12(2,3)22-10(19)13(4,5)24-16-7(8-15-11(14)25-17-8)9(18)23-26(6,20)21/h1-6H3,(H2,14,15,17). The van der Waals surface area contributed by atoms with Gasteiger partial charge in [-0.1, -0.05) is 5.16 Å². The van der Waals surface area contributed by atoms with Crippen molar-refractivity contribution in [2.75, 3.05) is 12.0 Å². The van der Waals surface area contributed by atoms with Crippen LogP contribution in [0, 0.1) is 0 Å². The van der Waals surface area contributed by atoms with E-state index in [1.165, 1.54) is 13.8 Å². The Kier molecular flexibility index (Phi) is 6.31. The number of esters is 1. The molecule has 0 aromatic carbocycles. The summed E-state index contributed by atoms with van der Waals surface area (Å²) < 4.78 is 35.6. The fourth-order valence-corrected chi connectivity index (χ4v) is 2.06. The number of aromatic nitrogens is 2. The van der Waals surface area contributed by atoms with Crippen molar-refractivity contribution < 1.29 is 31.8 Å². The molecule has 0 fully saturated rings. The van der Waals surface area contributed by atoms with Gasteiger partial charge in [0.05, 0.1) is 6.26 Å². The van der Waals surface area contributed by atoms with Crippen LogP contribution < -0.4 is 5.73 Å². The first-order valence-electron chi connectivity index (χ1n) is 7.14. The Labute approximate surface area is 154 Å². The van der Waals surface area contributed by atoms with Crippen LogP contribution in [0.2, 0.25) is 0 Å². The van der Waals surface area contributed by atoms with Crippen molar-refractivity contribution in [2.24, 2.45) is 5.16 Å². The molecule has 1 heterocycles. The first-order valence-corrected chi connectivity index (χ1v) is 9.73. The van der Waals surface area contributed by atoms with E-state index in [2.05, 4.69) is 18.7 Å². The molecule has 2 N–H and O–H groups in total. The van der Waals surface area contributed by atoms with Crippen molar-refractivity contribution in [3.63, 3.8) is 0 Å². The van der Waals surface area contributed by atoms with Gasteiger partial charge in [-0.3, -0.25) is 0 Å². The van der Waals surface area contributed by atoms with E-state index in [4.69, 9.17) is 15.3 Å². The minimum atomic E-state index is -4.12. The highest BCUT2D eigenvalue weighted by atomic mass is 32.2. The topological polar surface area (TPSA) is 160 Å². The molecule has 0 aliphatic rings. The number of nitrogen functional groups attached to an aromatic ring is 1. The molecule has 0 bridgehead atoms. The van der Waals surface area contributed by atoms with Crippen LogP contribution in [0.3, 0.4) is 0 Å². The minimum absolute atomic E-state index is 0.00579. The molecule has 11 nitrogen and oxygen atoms in total. The fraction of sp³-hybridized carbons (Fsp3) is 0.615. The molecule has 13 heteroatoms. The van der Waals surface area contributed by atoms with Crippen LogP contribution in [0.4, 0.5) is 5.13 Å². The normalized spacial score (nSPS) is 13.2. The zero-order chi connectivity index (χ0) is 20.3. The monoisotopic (exact) mass is 408 g/mol. The molecule has 0 radical (unpaired) electrons. The molecule has 0 aliphatic heterocycles. The molecule has 0 amide bonds. The summed E-state index contributed by atoms with van der Waals surface area (Å²) in [7, 11) is -4.12. The Morgan fingerprint density at radius 3 is 2.19 bits per heavy atom. The largest absolute Gasteiger partial charge is 0.457 e. The van der Waals surface area contributed by atoms with E-state index in [-0.39, 0.29) is 11.0 Å². The summed E-state index contributed by atoms with van der Waals surface area (Å²) in [6.45, 7) is 7.71. The van der Waals surface area contributed by atoms with E-state index in [0.717, 1.165) is 11.5 Å². The van der Waals surface area contributed by atoms with E-state index in [1.54, 1.807) is 20.8 Å².